The van der Waals surface area contributed by atoms with E-state index in [0.29, 0.717) is 6.42 Å². The molecule has 0 spiro atoms. The fraction of sp³-hybridized carbons (Fsp3) is 0.533. The third-order valence-electron chi connectivity index (χ3n) is 3.53. The average Bonchev–Trinajstić information content (AvgIpc) is 2.37. The highest BCUT2D eigenvalue weighted by atomic mass is 16.1. The van der Waals surface area contributed by atoms with Crippen LogP contribution in [0.25, 0.3) is 0 Å². The first kappa shape index (κ1) is 15.5. The molecule has 0 radical (unpaired) electrons. The number of benzene rings is 1. The van der Waals surface area contributed by atoms with E-state index in [1.807, 2.05) is 20.9 Å². The molecule has 106 valence electrons. The first-order chi connectivity index (χ1) is 8.89. The number of hydrogen-bond acceptors (Lipinski definition) is 3. The number of likely N-dealkylation sites (N-methyl/N-ethyl adjacent to an activating group) is 1. The van der Waals surface area contributed by atoms with Gasteiger partial charge in [0.25, 0.3) is 0 Å². The van der Waals surface area contributed by atoms with E-state index in [0.717, 1.165) is 18.8 Å². The summed E-state index contributed by atoms with van der Waals surface area (Å²) in [6, 6.07) is 8.35. The van der Waals surface area contributed by atoms with Crippen LogP contribution in [0, 0.1) is 6.92 Å². The number of nitrogens with two attached hydrogens (primary N) is 1. The molecule has 0 aliphatic heterocycles. The second kappa shape index (κ2) is 6.57. The molecule has 0 bridgehead atoms. The molecule has 0 aromatic heterocycles. The van der Waals surface area contributed by atoms with E-state index >= 15 is 0 Å². The Morgan fingerprint density at radius 3 is 2.42 bits per heavy atom. The van der Waals surface area contributed by atoms with Gasteiger partial charge in [0.1, 0.15) is 0 Å². The van der Waals surface area contributed by atoms with Gasteiger partial charge >= 0.3 is 0 Å². The fourth-order valence-electron chi connectivity index (χ4n) is 2.01. The minimum absolute atomic E-state index is 0.299. The summed E-state index contributed by atoms with van der Waals surface area (Å²) in [5, 5.41) is 3.17. The van der Waals surface area contributed by atoms with E-state index in [1.165, 1.54) is 5.56 Å². The first-order valence-corrected chi connectivity index (χ1v) is 6.72. The number of hydrogen-bond donors (Lipinski definition) is 2. The topological polar surface area (TPSA) is 58.4 Å². The van der Waals surface area contributed by atoms with Crippen LogP contribution in [0.5, 0.6) is 0 Å². The van der Waals surface area contributed by atoms with Gasteiger partial charge in [0, 0.05) is 19.3 Å². The number of anilines is 1. The lowest BCUT2D eigenvalue weighted by atomic mass is 9.96. The number of amides is 1. The van der Waals surface area contributed by atoms with Gasteiger partial charge in [-0.25, -0.2) is 0 Å². The molecular formula is C15H25N3O. The summed E-state index contributed by atoms with van der Waals surface area (Å²) in [7, 11) is 2.03. The summed E-state index contributed by atoms with van der Waals surface area (Å²) in [6.45, 7) is 7.41. The van der Waals surface area contributed by atoms with Crippen molar-refractivity contribution in [2.24, 2.45) is 5.73 Å². The highest BCUT2D eigenvalue weighted by Gasteiger charge is 2.29. The van der Waals surface area contributed by atoms with Crippen LogP contribution in [-0.2, 0) is 4.79 Å². The van der Waals surface area contributed by atoms with E-state index in [2.05, 4.69) is 41.4 Å². The predicted octanol–water partition coefficient (Wildman–Crippen LogP) is 1.67. The standard InChI is InChI=1S/C15H25N3O/c1-5-17-15(3,14(16)19)10-11-18(4)13-8-6-12(2)7-9-13/h6-9,17H,5,10-11H2,1-4H3,(H2,16,19). The van der Waals surface area contributed by atoms with Crippen molar-refractivity contribution >= 4 is 11.6 Å². The van der Waals surface area contributed by atoms with Crippen molar-refractivity contribution in [2.45, 2.75) is 32.7 Å². The predicted molar refractivity (Wildman–Crippen MR) is 80.3 cm³/mol. The van der Waals surface area contributed by atoms with Crippen molar-refractivity contribution in [3.63, 3.8) is 0 Å². The Kier molecular flexibility index (Phi) is 5.36. The number of nitrogens with one attached hydrogen (secondary N) is 1. The Morgan fingerprint density at radius 1 is 1.37 bits per heavy atom. The number of aryl methyl sites for hydroxylation is 1. The van der Waals surface area contributed by atoms with Crippen molar-refractivity contribution in [3.8, 4) is 0 Å². The molecule has 1 rings (SSSR count). The minimum atomic E-state index is -0.645. The number of nitrogens with zero attached hydrogens (tertiary/aromatic N) is 1. The van der Waals surface area contributed by atoms with Gasteiger partial charge in [-0.15, -0.1) is 0 Å². The van der Waals surface area contributed by atoms with Gasteiger partial charge < -0.3 is 16.0 Å². The molecule has 1 amide bonds. The molecule has 1 atom stereocenters. The number of rotatable bonds is 7. The van der Waals surface area contributed by atoms with Gasteiger partial charge in [-0.2, -0.15) is 0 Å². The average molecular weight is 263 g/mol. The largest absolute Gasteiger partial charge is 0.375 e. The van der Waals surface area contributed by atoms with Crippen LogP contribution in [0.2, 0.25) is 0 Å². The smallest absolute Gasteiger partial charge is 0.237 e. The van der Waals surface area contributed by atoms with Crippen LogP contribution in [0.4, 0.5) is 5.69 Å². The number of carbonyl (C=O) groups is 1. The van der Waals surface area contributed by atoms with Gasteiger partial charge in [-0.3, -0.25) is 4.79 Å². The highest BCUT2D eigenvalue weighted by Crippen LogP contribution is 2.16. The second-order valence-corrected chi connectivity index (χ2v) is 5.23. The quantitative estimate of drug-likeness (QED) is 0.787. The van der Waals surface area contributed by atoms with Crippen LogP contribution < -0.4 is 16.0 Å². The maximum atomic E-state index is 11.5. The molecule has 1 aromatic carbocycles. The minimum Gasteiger partial charge on any atom is -0.375 e. The van der Waals surface area contributed by atoms with Crippen molar-refractivity contribution in [1.29, 1.82) is 0 Å². The third kappa shape index (κ3) is 4.24. The zero-order valence-electron chi connectivity index (χ0n) is 12.4. The van der Waals surface area contributed by atoms with Crippen molar-refractivity contribution in [3.05, 3.63) is 29.8 Å². The van der Waals surface area contributed by atoms with Gasteiger partial charge in [-0.1, -0.05) is 24.6 Å². The SMILES string of the molecule is CCNC(C)(CCN(C)c1ccc(C)cc1)C(N)=O. The Morgan fingerprint density at radius 2 is 1.95 bits per heavy atom. The van der Waals surface area contributed by atoms with Crippen LogP contribution >= 0.6 is 0 Å². The zero-order chi connectivity index (χ0) is 14.5. The third-order valence-corrected chi connectivity index (χ3v) is 3.53. The van der Waals surface area contributed by atoms with Crippen LogP contribution in [0.3, 0.4) is 0 Å². The van der Waals surface area contributed by atoms with E-state index in [4.69, 9.17) is 5.73 Å². The molecule has 0 fully saturated rings. The first-order valence-electron chi connectivity index (χ1n) is 6.72. The maximum absolute atomic E-state index is 11.5. The Labute approximate surface area is 116 Å². The molecule has 3 N–H and O–H groups in total. The molecule has 4 nitrogen and oxygen atoms in total. The molecule has 1 unspecified atom stereocenters. The molecule has 1 aromatic rings. The Hall–Kier alpha value is -1.55. The molecule has 19 heavy (non-hydrogen) atoms. The summed E-state index contributed by atoms with van der Waals surface area (Å²) in [4.78, 5) is 13.7. The van der Waals surface area contributed by atoms with E-state index in [1.54, 1.807) is 0 Å². The van der Waals surface area contributed by atoms with Crippen molar-refractivity contribution < 1.29 is 4.79 Å². The van der Waals surface area contributed by atoms with Gasteiger partial charge in [0.05, 0.1) is 5.54 Å². The van der Waals surface area contributed by atoms with Crippen molar-refractivity contribution in [1.82, 2.24) is 5.32 Å². The van der Waals surface area contributed by atoms with Gasteiger partial charge in [0.15, 0.2) is 0 Å². The van der Waals surface area contributed by atoms with Gasteiger partial charge in [-0.05, 0) is 38.9 Å². The summed E-state index contributed by atoms with van der Waals surface area (Å²) in [5.41, 5.74) is 7.23. The lowest BCUT2D eigenvalue weighted by molar-refractivity contribution is -0.123. The number of carbonyl (C=O) groups excluding carboxylic acids is 1. The molecule has 4 heteroatoms. The zero-order valence-corrected chi connectivity index (χ0v) is 12.4. The lowest BCUT2D eigenvalue weighted by Gasteiger charge is -2.30. The molecule has 0 saturated heterocycles. The Bertz CT molecular complexity index is 416. The van der Waals surface area contributed by atoms with Crippen LogP contribution in [0.15, 0.2) is 24.3 Å². The fourth-order valence-corrected chi connectivity index (χ4v) is 2.01. The lowest BCUT2D eigenvalue weighted by Crippen LogP contribution is -2.54. The molecule has 0 saturated carbocycles. The molecular weight excluding hydrogens is 238 g/mol. The summed E-state index contributed by atoms with van der Waals surface area (Å²) in [5.74, 6) is -0.299. The summed E-state index contributed by atoms with van der Waals surface area (Å²) >= 11 is 0. The monoisotopic (exact) mass is 263 g/mol. The van der Waals surface area contributed by atoms with Gasteiger partial charge in [0.2, 0.25) is 5.91 Å². The molecule has 0 aliphatic rings. The van der Waals surface area contributed by atoms with Crippen molar-refractivity contribution in [2.75, 3.05) is 25.0 Å². The normalized spacial score (nSPS) is 13.9. The van der Waals surface area contributed by atoms with E-state index in [-0.39, 0.29) is 5.91 Å². The van der Waals surface area contributed by atoms with Crippen LogP contribution in [-0.4, -0.2) is 31.6 Å². The second-order valence-electron chi connectivity index (χ2n) is 5.23. The maximum Gasteiger partial charge on any atom is 0.237 e. The summed E-state index contributed by atoms with van der Waals surface area (Å²) < 4.78 is 0. The van der Waals surface area contributed by atoms with E-state index in [9.17, 15) is 4.79 Å². The number of primary amides is 1. The summed E-state index contributed by atoms with van der Waals surface area (Å²) in [6.07, 6.45) is 0.681. The molecule has 0 aliphatic carbocycles. The Balaban J connectivity index is 2.64. The van der Waals surface area contributed by atoms with Crippen LogP contribution in [0.1, 0.15) is 25.8 Å². The van der Waals surface area contributed by atoms with E-state index < -0.39 is 5.54 Å². The molecule has 0 heterocycles. The highest BCUT2D eigenvalue weighted by molar-refractivity contribution is 5.84.